The van der Waals surface area contributed by atoms with E-state index in [4.69, 9.17) is 0 Å². The Morgan fingerprint density at radius 3 is 2.86 bits per heavy atom. The second kappa shape index (κ2) is 5.46. The maximum atomic E-state index is 12.8. The Kier molecular flexibility index (Phi) is 4.54. The van der Waals surface area contributed by atoms with Gasteiger partial charge < -0.3 is 5.32 Å². The molecule has 0 saturated carbocycles. The van der Waals surface area contributed by atoms with Gasteiger partial charge in [-0.05, 0) is 46.8 Å². The van der Waals surface area contributed by atoms with E-state index in [9.17, 15) is 4.39 Å². The highest BCUT2D eigenvalue weighted by Gasteiger charge is 2.09. The summed E-state index contributed by atoms with van der Waals surface area (Å²) >= 11 is 2.14. The fourth-order valence-corrected chi connectivity index (χ4v) is 2.11. The fourth-order valence-electron chi connectivity index (χ4n) is 1.29. The molecule has 0 bridgehead atoms. The van der Waals surface area contributed by atoms with Gasteiger partial charge in [0, 0.05) is 3.57 Å². The van der Waals surface area contributed by atoms with E-state index < -0.39 is 0 Å². The zero-order valence-corrected chi connectivity index (χ0v) is 10.2. The first-order chi connectivity index (χ1) is 6.69. The summed E-state index contributed by atoms with van der Waals surface area (Å²) in [6.07, 6.45) is 1.83. The molecule has 0 fully saturated rings. The normalized spacial score (nSPS) is 12.5. The predicted molar refractivity (Wildman–Crippen MR) is 65.7 cm³/mol. The molecule has 0 aliphatic carbocycles. The lowest BCUT2D eigenvalue weighted by molar-refractivity contribution is 0.617. The van der Waals surface area contributed by atoms with Crippen molar-refractivity contribution in [2.75, 3.05) is 6.54 Å². The van der Waals surface area contributed by atoms with Gasteiger partial charge in [0.25, 0.3) is 0 Å². The number of rotatable bonds is 4. The van der Waals surface area contributed by atoms with Gasteiger partial charge in [-0.15, -0.1) is 6.58 Å². The molecule has 1 atom stereocenters. The Labute approximate surface area is 97.5 Å². The topological polar surface area (TPSA) is 12.0 Å². The number of hydrogen-bond donors (Lipinski definition) is 1. The van der Waals surface area contributed by atoms with E-state index in [1.165, 1.54) is 12.1 Å². The third-order valence-corrected chi connectivity index (χ3v) is 2.89. The largest absolute Gasteiger partial charge is 0.307 e. The molecule has 0 aromatic heterocycles. The quantitative estimate of drug-likeness (QED) is 0.665. The van der Waals surface area contributed by atoms with E-state index in [2.05, 4.69) is 34.5 Å². The van der Waals surface area contributed by atoms with Gasteiger partial charge in [-0.1, -0.05) is 19.1 Å². The zero-order valence-electron chi connectivity index (χ0n) is 8.06. The third kappa shape index (κ3) is 2.78. The minimum absolute atomic E-state index is 0.104. The van der Waals surface area contributed by atoms with Crippen molar-refractivity contribution >= 4 is 22.6 Å². The summed E-state index contributed by atoms with van der Waals surface area (Å²) in [5, 5.41) is 3.26. The zero-order chi connectivity index (χ0) is 10.6. The monoisotopic (exact) mass is 305 g/mol. The van der Waals surface area contributed by atoms with Gasteiger partial charge in [-0.2, -0.15) is 0 Å². The maximum absolute atomic E-state index is 12.8. The van der Waals surface area contributed by atoms with Crippen LogP contribution in [0.3, 0.4) is 0 Å². The Bertz CT molecular complexity index is 325. The van der Waals surface area contributed by atoms with Gasteiger partial charge in [0.2, 0.25) is 0 Å². The Morgan fingerprint density at radius 1 is 1.64 bits per heavy atom. The van der Waals surface area contributed by atoms with Crippen LogP contribution in [-0.2, 0) is 0 Å². The highest BCUT2D eigenvalue weighted by atomic mass is 127. The number of nitrogens with one attached hydrogen (secondary N) is 1. The molecule has 76 valence electrons. The first kappa shape index (κ1) is 11.7. The van der Waals surface area contributed by atoms with Crippen LogP contribution in [0.25, 0.3) is 0 Å². The van der Waals surface area contributed by atoms with Crippen molar-refractivity contribution in [1.82, 2.24) is 5.32 Å². The summed E-state index contributed by atoms with van der Waals surface area (Å²) < 4.78 is 13.8. The molecule has 1 aromatic carbocycles. The first-order valence-corrected chi connectivity index (χ1v) is 5.57. The van der Waals surface area contributed by atoms with E-state index in [1.54, 1.807) is 6.07 Å². The summed E-state index contributed by atoms with van der Waals surface area (Å²) in [6, 6.07) is 4.91. The minimum Gasteiger partial charge on any atom is -0.307 e. The lowest BCUT2D eigenvalue weighted by Crippen LogP contribution is -2.19. The lowest BCUT2D eigenvalue weighted by atomic mass is 10.1. The molecular formula is C11H13FIN. The molecule has 1 N–H and O–H groups in total. The second-order valence-electron chi connectivity index (χ2n) is 2.94. The number of hydrogen-bond acceptors (Lipinski definition) is 1. The predicted octanol–water partition coefficient (Wildman–Crippen LogP) is 3.27. The van der Waals surface area contributed by atoms with Gasteiger partial charge in [-0.25, -0.2) is 4.39 Å². The average molecular weight is 305 g/mol. The molecule has 0 aliphatic heterocycles. The van der Waals surface area contributed by atoms with Crippen LogP contribution >= 0.6 is 22.6 Å². The van der Waals surface area contributed by atoms with Gasteiger partial charge in [0.05, 0.1) is 6.04 Å². The summed E-state index contributed by atoms with van der Waals surface area (Å²) in [4.78, 5) is 0. The van der Waals surface area contributed by atoms with Crippen molar-refractivity contribution in [1.29, 1.82) is 0 Å². The summed E-state index contributed by atoms with van der Waals surface area (Å²) in [5.41, 5.74) is 1.07. The average Bonchev–Trinajstić information content (AvgIpc) is 2.15. The standard InChI is InChI=1S/C11H13FIN/c1-3-11(14-4-2)9-6-5-8(12)7-10(9)13/h3,5-7,11,14H,1,4H2,2H3. The van der Waals surface area contributed by atoms with Gasteiger partial charge in [0.1, 0.15) is 5.82 Å². The van der Waals surface area contributed by atoms with Crippen LogP contribution in [0.1, 0.15) is 18.5 Å². The van der Waals surface area contributed by atoms with E-state index in [0.29, 0.717) is 0 Å². The van der Waals surface area contributed by atoms with Crippen LogP contribution in [0.5, 0.6) is 0 Å². The van der Waals surface area contributed by atoms with Gasteiger partial charge in [-0.3, -0.25) is 0 Å². The minimum atomic E-state index is -0.197. The second-order valence-corrected chi connectivity index (χ2v) is 4.10. The molecule has 1 unspecified atom stereocenters. The number of halogens is 2. The van der Waals surface area contributed by atoms with E-state index in [1.807, 2.05) is 13.0 Å². The molecule has 0 aliphatic rings. The highest BCUT2D eigenvalue weighted by molar-refractivity contribution is 14.1. The van der Waals surface area contributed by atoms with E-state index in [0.717, 1.165) is 15.7 Å². The van der Waals surface area contributed by atoms with Gasteiger partial charge >= 0.3 is 0 Å². The molecule has 0 saturated heterocycles. The Morgan fingerprint density at radius 2 is 2.36 bits per heavy atom. The fraction of sp³-hybridized carbons (Fsp3) is 0.273. The molecule has 14 heavy (non-hydrogen) atoms. The van der Waals surface area contributed by atoms with Crippen LogP contribution < -0.4 is 5.32 Å². The Balaban J connectivity index is 2.98. The van der Waals surface area contributed by atoms with Crippen molar-refractivity contribution in [2.24, 2.45) is 0 Å². The molecule has 1 aromatic rings. The van der Waals surface area contributed by atoms with Crippen molar-refractivity contribution < 1.29 is 4.39 Å². The molecule has 0 amide bonds. The first-order valence-electron chi connectivity index (χ1n) is 4.50. The van der Waals surface area contributed by atoms with Crippen LogP contribution in [0.2, 0.25) is 0 Å². The van der Waals surface area contributed by atoms with Crippen molar-refractivity contribution in [3.63, 3.8) is 0 Å². The molecular weight excluding hydrogens is 292 g/mol. The molecule has 0 heterocycles. The van der Waals surface area contributed by atoms with E-state index >= 15 is 0 Å². The van der Waals surface area contributed by atoms with Crippen molar-refractivity contribution in [3.8, 4) is 0 Å². The summed E-state index contributed by atoms with van der Waals surface area (Å²) in [7, 11) is 0. The summed E-state index contributed by atoms with van der Waals surface area (Å²) in [6.45, 7) is 6.66. The SMILES string of the molecule is C=CC(NCC)c1ccc(F)cc1I. The van der Waals surface area contributed by atoms with Crippen molar-refractivity contribution in [2.45, 2.75) is 13.0 Å². The molecule has 1 nitrogen and oxygen atoms in total. The molecule has 0 spiro atoms. The Hall–Kier alpha value is -0.420. The molecule has 0 radical (unpaired) electrons. The van der Waals surface area contributed by atoms with Crippen LogP contribution in [0.4, 0.5) is 4.39 Å². The third-order valence-electron chi connectivity index (χ3n) is 1.96. The highest BCUT2D eigenvalue weighted by Crippen LogP contribution is 2.21. The van der Waals surface area contributed by atoms with E-state index in [-0.39, 0.29) is 11.9 Å². The number of benzene rings is 1. The van der Waals surface area contributed by atoms with Crippen molar-refractivity contribution in [3.05, 3.63) is 45.8 Å². The summed E-state index contributed by atoms with van der Waals surface area (Å²) in [5.74, 6) is -0.197. The molecule has 3 heteroatoms. The smallest absolute Gasteiger partial charge is 0.124 e. The van der Waals surface area contributed by atoms with Crippen LogP contribution in [0.15, 0.2) is 30.9 Å². The maximum Gasteiger partial charge on any atom is 0.124 e. The van der Waals surface area contributed by atoms with Crippen LogP contribution in [-0.4, -0.2) is 6.54 Å². The number of likely N-dealkylation sites (N-methyl/N-ethyl adjacent to an activating group) is 1. The van der Waals surface area contributed by atoms with Gasteiger partial charge in [0.15, 0.2) is 0 Å². The lowest BCUT2D eigenvalue weighted by Gasteiger charge is -2.15. The molecule has 1 rings (SSSR count). The van der Waals surface area contributed by atoms with Crippen LogP contribution in [0, 0.1) is 9.39 Å².